The molecule has 4 nitrogen and oxygen atoms in total. The molecule has 120 valence electrons. The van der Waals surface area contributed by atoms with Gasteiger partial charge in [-0.15, -0.1) is 0 Å². The lowest BCUT2D eigenvalue weighted by Crippen LogP contribution is -2.46. The van der Waals surface area contributed by atoms with Crippen LogP contribution >= 0.6 is 0 Å². The van der Waals surface area contributed by atoms with Gasteiger partial charge in [0, 0.05) is 43.4 Å². The molecule has 0 saturated heterocycles. The molecule has 1 saturated carbocycles. The first-order valence-electron chi connectivity index (χ1n) is 8.06. The van der Waals surface area contributed by atoms with Gasteiger partial charge in [-0.05, 0) is 30.4 Å². The second-order valence-electron chi connectivity index (χ2n) is 6.89. The van der Waals surface area contributed by atoms with Gasteiger partial charge in [0.15, 0.2) is 5.82 Å². The maximum Gasteiger partial charge on any atom is 0.153 e. The average molecular weight is 312 g/mol. The number of hydrogen-bond donors (Lipinski definition) is 1. The molecule has 1 fully saturated rings. The molecule has 0 amide bonds. The molecule has 0 aromatic carbocycles. The van der Waals surface area contributed by atoms with E-state index in [0.717, 1.165) is 29.9 Å². The van der Waals surface area contributed by atoms with Crippen molar-refractivity contribution in [3.8, 4) is 0 Å². The van der Waals surface area contributed by atoms with E-state index in [9.17, 15) is 4.39 Å². The summed E-state index contributed by atoms with van der Waals surface area (Å²) >= 11 is 0. The Morgan fingerprint density at radius 2 is 2.22 bits per heavy atom. The number of nitrogens with one attached hydrogen (secondary N) is 1. The Bertz CT molecular complexity index is 768. The smallest absolute Gasteiger partial charge is 0.153 e. The molecule has 2 bridgehead atoms. The Balaban J connectivity index is 1.83. The van der Waals surface area contributed by atoms with Gasteiger partial charge in [0.1, 0.15) is 5.83 Å². The van der Waals surface area contributed by atoms with E-state index < -0.39 is 0 Å². The number of rotatable bonds is 3. The van der Waals surface area contributed by atoms with E-state index in [1.54, 1.807) is 6.08 Å². The largest absolute Gasteiger partial charge is 0.361 e. The van der Waals surface area contributed by atoms with Crippen molar-refractivity contribution >= 4 is 12.0 Å². The van der Waals surface area contributed by atoms with Crippen molar-refractivity contribution < 1.29 is 4.39 Å². The highest BCUT2D eigenvalue weighted by Crippen LogP contribution is 2.59. The lowest BCUT2D eigenvalue weighted by atomic mass is 9.52. The summed E-state index contributed by atoms with van der Waals surface area (Å²) in [5.74, 6) is 1.35. The molecular formula is C18H21FN4. The van der Waals surface area contributed by atoms with Crippen molar-refractivity contribution in [3.05, 3.63) is 47.1 Å². The maximum atomic E-state index is 13.9. The first-order valence-corrected chi connectivity index (χ1v) is 8.06. The molecular weight excluding hydrogens is 291 g/mol. The number of aliphatic imine (C=N–C) groups is 1. The van der Waals surface area contributed by atoms with E-state index in [0.29, 0.717) is 0 Å². The van der Waals surface area contributed by atoms with Crippen LogP contribution in [0.3, 0.4) is 0 Å². The van der Waals surface area contributed by atoms with Gasteiger partial charge in [-0.25, -0.2) is 4.39 Å². The van der Waals surface area contributed by atoms with Crippen molar-refractivity contribution in [1.29, 1.82) is 0 Å². The van der Waals surface area contributed by atoms with Gasteiger partial charge < -0.3 is 4.90 Å². The molecule has 1 aliphatic heterocycles. The van der Waals surface area contributed by atoms with Crippen LogP contribution in [0.2, 0.25) is 0 Å². The van der Waals surface area contributed by atoms with E-state index >= 15 is 0 Å². The van der Waals surface area contributed by atoms with Gasteiger partial charge in [0.05, 0.1) is 5.69 Å². The van der Waals surface area contributed by atoms with Crippen LogP contribution in [0.1, 0.15) is 36.9 Å². The van der Waals surface area contributed by atoms with Crippen LogP contribution in [0.25, 0.3) is 0 Å². The molecule has 23 heavy (non-hydrogen) atoms. The zero-order chi connectivity index (χ0) is 16.2. The first-order chi connectivity index (χ1) is 11.0. The van der Waals surface area contributed by atoms with Crippen molar-refractivity contribution in [2.45, 2.75) is 31.1 Å². The average Bonchev–Trinajstić information content (AvgIpc) is 3.00. The monoisotopic (exact) mass is 312 g/mol. The zero-order valence-electron chi connectivity index (χ0n) is 13.7. The summed E-state index contributed by atoms with van der Waals surface area (Å²) in [6, 6.07) is 0. The summed E-state index contributed by atoms with van der Waals surface area (Å²) in [7, 11) is 4.02. The maximum absolute atomic E-state index is 13.9. The lowest BCUT2D eigenvalue weighted by molar-refractivity contribution is 0.263. The van der Waals surface area contributed by atoms with Crippen molar-refractivity contribution in [1.82, 2.24) is 10.2 Å². The predicted molar refractivity (Wildman–Crippen MR) is 90.6 cm³/mol. The molecule has 2 heterocycles. The number of H-pyrrole nitrogens is 1. The van der Waals surface area contributed by atoms with Crippen LogP contribution in [0.5, 0.6) is 0 Å². The Labute approximate surface area is 135 Å². The quantitative estimate of drug-likeness (QED) is 0.926. The Morgan fingerprint density at radius 3 is 2.83 bits per heavy atom. The number of nitrogens with zero attached hydrogens (tertiary/aromatic N) is 3. The fourth-order valence-corrected chi connectivity index (χ4v) is 4.08. The molecule has 4 aliphatic rings. The van der Waals surface area contributed by atoms with Crippen LogP contribution in [0.4, 0.5) is 10.2 Å². The third-order valence-corrected chi connectivity index (χ3v) is 5.53. The number of aromatic amines is 1. The minimum Gasteiger partial charge on any atom is -0.361 e. The van der Waals surface area contributed by atoms with Gasteiger partial charge in [-0.1, -0.05) is 19.1 Å². The summed E-state index contributed by atoms with van der Waals surface area (Å²) in [4.78, 5) is 6.23. The summed E-state index contributed by atoms with van der Waals surface area (Å²) < 4.78 is 13.9. The van der Waals surface area contributed by atoms with Crippen molar-refractivity contribution in [2.24, 2.45) is 10.9 Å². The molecule has 3 aliphatic carbocycles. The summed E-state index contributed by atoms with van der Waals surface area (Å²) in [6.45, 7) is 2.11. The van der Waals surface area contributed by atoms with E-state index in [1.165, 1.54) is 5.56 Å². The van der Waals surface area contributed by atoms with Gasteiger partial charge in [0.2, 0.25) is 0 Å². The molecule has 0 radical (unpaired) electrons. The molecule has 3 atom stereocenters. The highest BCUT2D eigenvalue weighted by Gasteiger charge is 2.53. The standard InChI is InChI=1S/C18H21FN4/c1-11-13-10-18(11,7-4-14(13)19)16-15(12-5-8-20-9-6-12)17(22-21-16)23(2)3/h4-5,7-9,11-12H,6,10H2,1-3H3,(H,21,22)/t11-,12?,18-/m0/s1. The Hall–Kier alpha value is -2.17. The number of halogens is 1. The van der Waals surface area contributed by atoms with Crippen LogP contribution in [-0.4, -0.2) is 30.5 Å². The summed E-state index contributed by atoms with van der Waals surface area (Å²) in [6.07, 6.45) is 11.2. The summed E-state index contributed by atoms with van der Waals surface area (Å²) in [5, 5.41) is 7.85. The lowest BCUT2D eigenvalue weighted by Gasteiger charge is -2.50. The van der Waals surface area contributed by atoms with E-state index in [-0.39, 0.29) is 23.1 Å². The fraction of sp³-hybridized carbons (Fsp3) is 0.444. The third kappa shape index (κ3) is 1.89. The summed E-state index contributed by atoms with van der Waals surface area (Å²) in [5.41, 5.74) is 3.13. The van der Waals surface area contributed by atoms with Gasteiger partial charge in [0.25, 0.3) is 0 Å². The number of allylic oxidation sites excluding steroid dienone is 5. The van der Waals surface area contributed by atoms with Crippen LogP contribution in [-0.2, 0) is 5.41 Å². The van der Waals surface area contributed by atoms with E-state index in [2.05, 4.69) is 28.2 Å². The molecule has 1 unspecified atom stereocenters. The molecule has 5 heteroatoms. The number of anilines is 1. The minimum absolute atomic E-state index is 0.0574. The number of aromatic nitrogens is 2. The normalized spacial score (nSPS) is 31.5. The van der Waals surface area contributed by atoms with Gasteiger partial charge in [-0.2, -0.15) is 5.10 Å². The molecule has 0 spiro atoms. The third-order valence-electron chi connectivity index (χ3n) is 5.53. The van der Waals surface area contributed by atoms with E-state index in [4.69, 9.17) is 0 Å². The molecule has 1 N–H and O–H groups in total. The van der Waals surface area contributed by atoms with Gasteiger partial charge >= 0.3 is 0 Å². The predicted octanol–water partition coefficient (Wildman–Crippen LogP) is 3.62. The fourth-order valence-electron chi connectivity index (χ4n) is 4.08. The van der Waals surface area contributed by atoms with Crippen LogP contribution in [0.15, 0.2) is 40.8 Å². The van der Waals surface area contributed by atoms with Crippen LogP contribution in [0, 0.1) is 5.92 Å². The number of fused-ring (bicyclic) bond motifs is 1. The zero-order valence-corrected chi connectivity index (χ0v) is 13.7. The second kappa shape index (κ2) is 4.91. The van der Waals surface area contributed by atoms with Crippen molar-refractivity contribution in [3.63, 3.8) is 0 Å². The van der Waals surface area contributed by atoms with Gasteiger partial charge in [-0.3, -0.25) is 10.1 Å². The topological polar surface area (TPSA) is 44.3 Å². The Morgan fingerprint density at radius 1 is 1.39 bits per heavy atom. The Kier molecular flexibility index (Phi) is 3.08. The minimum atomic E-state index is -0.149. The second-order valence-corrected chi connectivity index (χ2v) is 6.89. The van der Waals surface area contributed by atoms with Crippen LogP contribution < -0.4 is 4.90 Å². The molecule has 5 rings (SSSR count). The molecule has 1 aromatic rings. The SMILES string of the molecule is C[C@H]1C2=C(F)C=C[C@]1(c1[nH]nc(N(C)C)c1C1C=CN=CC1)C2. The number of hydrogen-bond acceptors (Lipinski definition) is 3. The highest BCUT2D eigenvalue weighted by molar-refractivity contribution is 5.66. The van der Waals surface area contributed by atoms with Crippen molar-refractivity contribution in [2.75, 3.05) is 19.0 Å². The highest BCUT2D eigenvalue weighted by atomic mass is 19.1. The molecule has 1 aromatic heterocycles. The first kappa shape index (κ1) is 14.4. The van der Waals surface area contributed by atoms with E-state index in [1.807, 2.05) is 37.5 Å².